The summed E-state index contributed by atoms with van der Waals surface area (Å²) in [5.74, 6) is 0.523. The standard InChI is InChI=1S/C23H25N3O2S/c1-14-9-10-17-19(11-14)29-22-21(17)23(28)26(13-24-22)12-20(27)25-18-8-4-6-15-5-2-3-7-16(15)18/h2-3,5,7,13-14,18H,4,6,8-12H2,1H3,(H,25,27)/t14-,18-/m0/s1. The third-order valence-corrected chi connectivity index (χ3v) is 7.46. The van der Waals surface area contributed by atoms with Gasteiger partial charge in [0, 0.05) is 4.88 Å². The summed E-state index contributed by atoms with van der Waals surface area (Å²) in [5, 5.41) is 3.87. The maximum Gasteiger partial charge on any atom is 0.262 e. The third-order valence-electron chi connectivity index (χ3n) is 6.30. The molecule has 150 valence electrons. The van der Waals surface area contributed by atoms with Crippen LogP contribution in [0.4, 0.5) is 0 Å². The Bertz CT molecular complexity index is 1150. The van der Waals surface area contributed by atoms with Crippen LogP contribution in [0.1, 0.15) is 53.8 Å². The number of nitrogens with zero attached hydrogens (tertiary/aromatic N) is 2. The van der Waals surface area contributed by atoms with Gasteiger partial charge in [-0.05, 0) is 61.1 Å². The highest BCUT2D eigenvalue weighted by molar-refractivity contribution is 7.18. The number of aromatic nitrogens is 2. The minimum Gasteiger partial charge on any atom is -0.348 e. The van der Waals surface area contributed by atoms with Crippen molar-refractivity contribution in [3.63, 3.8) is 0 Å². The number of aryl methyl sites for hydroxylation is 2. The SMILES string of the molecule is C[C@H]1CCc2c(sc3ncn(CC(=O)N[C@H]4CCCc5ccccc54)c(=O)c23)C1. The maximum atomic E-state index is 13.1. The van der Waals surface area contributed by atoms with E-state index in [1.807, 2.05) is 12.1 Å². The van der Waals surface area contributed by atoms with Crippen molar-refractivity contribution in [2.45, 2.75) is 58.0 Å². The molecular formula is C23H25N3O2S. The molecule has 0 fully saturated rings. The van der Waals surface area contributed by atoms with Gasteiger partial charge in [-0.25, -0.2) is 4.98 Å². The number of carbonyl (C=O) groups is 1. The second kappa shape index (κ2) is 7.41. The maximum absolute atomic E-state index is 13.1. The van der Waals surface area contributed by atoms with E-state index in [2.05, 4.69) is 29.4 Å². The first kappa shape index (κ1) is 18.6. The molecule has 2 aromatic heterocycles. The Morgan fingerprint density at radius 3 is 3.03 bits per heavy atom. The molecule has 5 nitrogen and oxygen atoms in total. The number of hydrogen-bond acceptors (Lipinski definition) is 4. The van der Waals surface area contributed by atoms with Crippen molar-refractivity contribution >= 4 is 27.5 Å². The van der Waals surface area contributed by atoms with Crippen LogP contribution < -0.4 is 10.9 Å². The van der Waals surface area contributed by atoms with Crippen LogP contribution in [0.15, 0.2) is 35.4 Å². The highest BCUT2D eigenvalue weighted by Crippen LogP contribution is 2.35. The predicted octanol–water partition coefficient (Wildman–Crippen LogP) is 3.78. The highest BCUT2D eigenvalue weighted by atomic mass is 32.1. The zero-order chi connectivity index (χ0) is 20.0. The van der Waals surface area contributed by atoms with Gasteiger partial charge in [-0.1, -0.05) is 31.2 Å². The lowest BCUT2D eigenvalue weighted by molar-refractivity contribution is -0.122. The summed E-state index contributed by atoms with van der Waals surface area (Å²) in [4.78, 5) is 32.5. The molecule has 0 radical (unpaired) electrons. The van der Waals surface area contributed by atoms with Gasteiger partial charge in [0.05, 0.1) is 17.8 Å². The minimum absolute atomic E-state index is 0.0153. The van der Waals surface area contributed by atoms with Gasteiger partial charge in [0.15, 0.2) is 0 Å². The highest BCUT2D eigenvalue weighted by Gasteiger charge is 2.24. The molecule has 6 heteroatoms. The average molecular weight is 408 g/mol. The molecule has 3 aromatic rings. The van der Waals surface area contributed by atoms with E-state index in [4.69, 9.17) is 0 Å². The van der Waals surface area contributed by atoms with E-state index in [1.165, 1.54) is 26.9 Å². The molecule has 5 rings (SSSR count). The molecular weight excluding hydrogens is 382 g/mol. The van der Waals surface area contributed by atoms with Crippen molar-refractivity contribution in [2.75, 3.05) is 0 Å². The predicted molar refractivity (Wildman–Crippen MR) is 115 cm³/mol. The number of hydrogen-bond donors (Lipinski definition) is 1. The Morgan fingerprint density at radius 1 is 1.28 bits per heavy atom. The summed E-state index contributed by atoms with van der Waals surface area (Å²) >= 11 is 1.64. The molecule has 2 aliphatic rings. The van der Waals surface area contributed by atoms with E-state index in [-0.39, 0.29) is 24.1 Å². The van der Waals surface area contributed by atoms with Gasteiger partial charge in [0.2, 0.25) is 5.91 Å². The smallest absolute Gasteiger partial charge is 0.262 e. The van der Waals surface area contributed by atoms with E-state index in [0.717, 1.165) is 54.3 Å². The lowest BCUT2D eigenvalue weighted by Gasteiger charge is -2.26. The first-order valence-electron chi connectivity index (χ1n) is 10.5. The van der Waals surface area contributed by atoms with Crippen LogP contribution >= 0.6 is 11.3 Å². The molecule has 2 heterocycles. The molecule has 1 N–H and O–H groups in total. The molecule has 0 aliphatic heterocycles. The molecule has 1 amide bonds. The summed E-state index contributed by atoms with van der Waals surface area (Å²) in [7, 11) is 0. The Kier molecular flexibility index (Phi) is 4.74. The van der Waals surface area contributed by atoms with Crippen molar-refractivity contribution < 1.29 is 4.79 Å². The van der Waals surface area contributed by atoms with E-state index in [0.29, 0.717) is 5.92 Å². The van der Waals surface area contributed by atoms with E-state index >= 15 is 0 Å². The second-order valence-corrected chi connectivity index (χ2v) is 9.50. The largest absolute Gasteiger partial charge is 0.348 e. The number of amides is 1. The van der Waals surface area contributed by atoms with Crippen molar-refractivity contribution in [1.29, 1.82) is 0 Å². The molecule has 0 saturated carbocycles. The zero-order valence-corrected chi connectivity index (χ0v) is 17.4. The van der Waals surface area contributed by atoms with E-state index in [1.54, 1.807) is 11.3 Å². The number of nitrogens with one attached hydrogen (secondary N) is 1. The fourth-order valence-electron chi connectivity index (χ4n) is 4.78. The zero-order valence-electron chi connectivity index (χ0n) is 16.6. The third kappa shape index (κ3) is 3.39. The number of carbonyl (C=O) groups excluding carboxylic acids is 1. The van der Waals surface area contributed by atoms with E-state index < -0.39 is 0 Å². The van der Waals surface area contributed by atoms with Crippen molar-refractivity contribution in [3.8, 4) is 0 Å². The Hall–Kier alpha value is -2.47. The van der Waals surface area contributed by atoms with Crippen molar-refractivity contribution in [1.82, 2.24) is 14.9 Å². The lowest BCUT2D eigenvalue weighted by atomic mass is 9.88. The quantitative estimate of drug-likeness (QED) is 0.719. The van der Waals surface area contributed by atoms with Crippen molar-refractivity contribution in [2.24, 2.45) is 5.92 Å². The van der Waals surface area contributed by atoms with E-state index in [9.17, 15) is 9.59 Å². The summed E-state index contributed by atoms with van der Waals surface area (Å²) in [6.07, 6.45) is 7.66. The molecule has 0 unspecified atom stereocenters. The van der Waals surface area contributed by atoms with Crippen LogP contribution in [0.5, 0.6) is 0 Å². The fraction of sp³-hybridized carbons (Fsp3) is 0.435. The van der Waals surface area contributed by atoms with Gasteiger partial charge in [0.25, 0.3) is 5.56 Å². The Labute approximate surface area is 173 Å². The second-order valence-electron chi connectivity index (χ2n) is 8.42. The molecule has 29 heavy (non-hydrogen) atoms. The van der Waals surface area contributed by atoms with Gasteiger partial charge in [-0.15, -0.1) is 11.3 Å². The van der Waals surface area contributed by atoms with Crippen LogP contribution in [0.2, 0.25) is 0 Å². The topological polar surface area (TPSA) is 64.0 Å². The van der Waals surface area contributed by atoms with Gasteiger partial charge in [0.1, 0.15) is 11.4 Å². The monoisotopic (exact) mass is 407 g/mol. The molecule has 2 aliphatic carbocycles. The Balaban J connectivity index is 1.39. The van der Waals surface area contributed by atoms with Crippen LogP contribution in [0, 0.1) is 5.92 Å². The van der Waals surface area contributed by atoms with Crippen LogP contribution in [0.3, 0.4) is 0 Å². The Morgan fingerprint density at radius 2 is 2.14 bits per heavy atom. The summed E-state index contributed by atoms with van der Waals surface area (Å²) in [6, 6.07) is 8.32. The first-order valence-corrected chi connectivity index (χ1v) is 11.3. The van der Waals surface area contributed by atoms with Crippen LogP contribution in [0.25, 0.3) is 10.2 Å². The van der Waals surface area contributed by atoms with Crippen LogP contribution in [-0.4, -0.2) is 15.5 Å². The first-order chi connectivity index (χ1) is 14.1. The lowest BCUT2D eigenvalue weighted by Crippen LogP contribution is -2.36. The number of benzene rings is 1. The molecule has 0 bridgehead atoms. The summed E-state index contributed by atoms with van der Waals surface area (Å²) in [5.41, 5.74) is 3.59. The van der Waals surface area contributed by atoms with Gasteiger partial charge in [-0.2, -0.15) is 0 Å². The normalized spacial score (nSPS) is 20.9. The van der Waals surface area contributed by atoms with Crippen LogP contribution in [-0.2, 0) is 30.6 Å². The number of rotatable bonds is 3. The molecule has 0 spiro atoms. The molecule has 0 saturated heterocycles. The van der Waals surface area contributed by atoms with Gasteiger partial charge >= 0.3 is 0 Å². The minimum atomic E-state index is -0.132. The molecule has 1 aromatic carbocycles. The van der Waals surface area contributed by atoms with Gasteiger partial charge in [-0.3, -0.25) is 14.2 Å². The fourth-order valence-corrected chi connectivity index (χ4v) is 6.12. The number of thiophene rings is 1. The number of fused-ring (bicyclic) bond motifs is 4. The average Bonchev–Trinajstić information content (AvgIpc) is 3.08. The van der Waals surface area contributed by atoms with Gasteiger partial charge < -0.3 is 5.32 Å². The summed E-state index contributed by atoms with van der Waals surface area (Å²) < 4.78 is 1.47. The summed E-state index contributed by atoms with van der Waals surface area (Å²) in [6.45, 7) is 2.27. The molecule has 2 atom stereocenters. The van der Waals surface area contributed by atoms with Crippen molar-refractivity contribution in [3.05, 3.63) is 62.5 Å².